The quantitative estimate of drug-likeness (QED) is 0.466. The van der Waals surface area contributed by atoms with E-state index >= 15 is 0 Å². The summed E-state index contributed by atoms with van der Waals surface area (Å²) in [6.45, 7) is 0. The van der Waals surface area contributed by atoms with Gasteiger partial charge >= 0.3 is 0 Å². The van der Waals surface area contributed by atoms with Crippen molar-refractivity contribution in [3.05, 3.63) is 0 Å². The minimum atomic E-state index is 0. The molecule has 4 aliphatic rings. The molecular formula is C15H35PY. The van der Waals surface area contributed by atoms with Crippen LogP contribution in [0.1, 0.15) is 97.3 Å². The molecular weight excluding hydrogens is 300 g/mol. The zero-order valence-corrected chi connectivity index (χ0v) is 15.4. The van der Waals surface area contributed by atoms with Gasteiger partial charge in [-0.15, -0.1) is 0 Å². The van der Waals surface area contributed by atoms with Gasteiger partial charge in [0.1, 0.15) is 0 Å². The molecule has 0 saturated heterocycles. The van der Waals surface area contributed by atoms with Gasteiger partial charge in [0.25, 0.3) is 0 Å². The maximum absolute atomic E-state index is 1.50. The van der Waals surface area contributed by atoms with Gasteiger partial charge in [-0.2, -0.15) is 9.90 Å². The van der Waals surface area contributed by atoms with E-state index in [2.05, 4.69) is 0 Å². The standard InChI is InChI=1S/2C4H8.2C3H6.CH4.H3P.Y/c2*1-2-4-3-1;2*1-2-3-1;;;/h2*1-4H2;2*1-3H2;1H4;1H3;. The fourth-order valence-electron chi connectivity index (χ4n) is 0.500. The molecule has 1 atom stereocenters. The van der Waals surface area contributed by atoms with Gasteiger partial charge in [-0.1, -0.05) is 97.3 Å². The van der Waals surface area contributed by atoms with Crippen molar-refractivity contribution in [2.75, 3.05) is 0 Å². The topological polar surface area (TPSA) is 0 Å². The third-order valence-electron chi connectivity index (χ3n) is 2.71. The van der Waals surface area contributed by atoms with E-state index < -0.39 is 0 Å². The van der Waals surface area contributed by atoms with Crippen molar-refractivity contribution in [1.82, 2.24) is 0 Å². The molecule has 0 aliphatic heterocycles. The van der Waals surface area contributed by atoms with Gasteiger partial charge in [-0.3, -0.25) is 0 Å². The molecule has 0 N–H and O–H groups in total. The Bertz CT molecular complexity index is 78.0. The van der Waals surface area contributed by atoms with E-state index in [1.807, 2.05) is 0 Å². The Morgan fingerprint density at radius 1 is 0.294 bits per heavy atom. The van der Waals surface area contributed by atoms with Crippen LogP contribution in [0.4, 0.5) is 0 Å². The molecule has 1 radical (unpaired) electrons. The van der Waals surface area contributed by atoms with Crippen LogP contribution in [-0.2, 0) is 32.7 Å². The monoisotopic (exact) mass is 335 g/mol. The Kier molecular flexibility index (Phi) is 27.6. The molecule has 1 unspecified atom stereocenters. The Labute approximate surface area is 139 Å². The molecule has 4 saturated carbocycles. The molecule has 4 aliphatic carbocycles. The van der Waals surface area contributed by atoms with Crippen molar-refractivity contribution in [2.45, 2.75) is 97.3 Å². The van der Waals surface area contributed by atoms with Gasteiger partial charge in [0, 0.05) is 32.7 Å². The van der Waals surface area contributed by atoms with E-state index in [1.165, 1.54) is 89.9 Å². The van der Waals surface area contributed by atoms with Crippen LogP contribution in [0.25, 0.3) is 0 Å². The molecule has 0 heterocycles. The van der Waals surface area contributed by atoms with E-state index in [0.29, 0.717) is 0 Å². The van der Waals surface area contributed by atoms with Gasteiger partial charge in [0.15, 0.2) is 0 Å². The SMILES string of the molecule is C.C1CC1.C1CC1.C1CCC1.C1CCC1.P.[Y]. The molecule has 0 aromatic carbocycles. The Morgan fingerprint density at radius 3 is 0.353 bits per heavy atom. The first kappa shape index (κ1) is 23.6. The second-order valence-electron chi connectivity index (χ2n) is 4.95. The second kappa shape index (κ2) is 19.9. The zero-order valence-electron chi connectivity index (χ0n) is 11.2. The third kappa shape index (κ3) is 31.8. The molecule has 17 heavy (non-hydrogen) atoms. The van der Waals surface area contributed by atoms with Gasteiger partial charge < -0.3 is 0 Å². The number of hydrogen-bond acceptors (Lipinski definition) is 0. The van der Waals surface area contributed by atoms with E-state index in [4.69, 9.17) is 0 Å². The summed E-state index contributed by atoms with van der Waals surface area (Å²) < 4.78 is 0. The molecule has 2 heteroatoms. The van der Waals surface area contributed by atoms with Gasteiger partial charge in [0.05, 0.1) is 0 Å². The van der Waals surface area contributed by atoms with Crippen molar-refractivity contribution in [1.29, 1.82) is 0 Å². The van der Waals surface area contributed by atoms with Gasteiger partial charge in [0.2, 0.25) is 0 Å². The first-order chi connectivity index (χ1) is 7.00. The summed E-state index contributed by atoms with van der Waals surface area (Å²) in [5, 5.41) is 0. The molecule has 4 rings (SSSR count). The fourth-order valence-corrected chi connectivity index (χ4v) is 0.500. The van der Waals surface area contributed by atoms with E-state index in [1.54, 1.807) is 0 Å². The van der Waals surface area contributed by atoms with Crippen LogP contribution in [0.5, 0.6) is 0 Å². The van der Waals surface area contributed by atoms with Crippen LogP contribution >= 0.6 is 9.90 Å². The van der Waals surface area contributed by atoms with Crippen molar-refractivity contribution in [3.63, 3.8) is 0 Å². The van der Waals surface area contributed by atoms with E-state index in [0.717, 1.165) is 0 Å². The average Bonchev–Trinajstić information content (AvgIpc) is 2.77. The summed E-state index contributed by atoms with van der Waals surface area (Å²) in [6.07, 6.45) is 21.0. The average molecular weight is 335 g/mol. The Morgan fingerprint density at radius 2 is 0.353 bits per heavy atom. The minimum Gasteiger partial charge on any atom is -0.153 e. The minimum absolute atomic E-state index is 0. The molecule has 4 fully saturated rings. The van der Waals surface area contributed by atoms with Gasteiger partial charge in [-0.05, 0) is 0 Å². The summed E-state index contributed by atoms with van der Waals surface area (Å²) >= 11 is 0. The normalized spacial score (nSPS) is 19.8. The maximum atomic E-state index is 1.50. The fraction of sp³-hybridized carbons (Fsp3) is 1.00. The summed E-state index contributed by atoms with van der Waals surface area (Å²) in [7, 11) is 0. The zero-order chi connectivity index (χ0) is 9.90. The van der Waals surface area contributed by atoms with Crippen molar-refractivity contribution in [3.8, 4) is 0 Å². The van der Waals surface area contributed by atoms with Crippen LogP contribution in [0, 0.1) is 0 Å². The van der Waals surface area contributed by atoms with Crippen molar-refractivity contribution >= 4 is 9.90 Å². The van der Waals surface area contributed by atoms with E-state index in [-0.39, 0.29) is 50.0 Å². The van der Waals surface area contributed by atoms with Crippen LogP contribution < -0.4 is 0 Å². The van der Waals surface area contributed by atoms with Crippen molar-refractivity contribution in [2.24, 2.45) is 0 Å². The van der Waals surface area contributed by atoms with E-state index in [9.17, 15) is 0 Å². The van der Waals surface area contributed by atoms with Crippen LogP contribution in [0.15, 0.2) is 0 Å². The predicted molar refractivity (Wildman–Crippen MR) is 82.5 cm³/mol. The Hall–Kier alpha value is 1.53. The first-order valence-electron chi connectivity index (χ1n) is 7.00. The predicted octanol–water partition coefficient (Wildman–Crippen LogP) is 6.15. The van der Waals surface area contributed by atoms with Gasteiger partial charge in [-0.25, -0.2) is 0 Å². The van der Waals surface area contributed by atoms with Crippen LogP contribution in [-0.4, -0.2) is 0 Å². The second-order valence-corrected chi connectivity index (χ2v) is 4.95. The molecule has 0 spiro atoms. The van der Waals surface area contributed by atoms with Crippen molar-refractivity contribution < 1.29 is 32.7 Å². The molecule has 0 aromatic heterocycles. The number of hydrogen-bond donors (Lipinski definition) is 0. The third-order valence-corrected chi connectivity index (χ3v) is 2.71. The summed E-state index contributed by atoms with van der Waals surface area (Å²) in [6, 6.07) is 0. The molecule has 0 aromatic rings. The molecule has 0 nitrogen and oxygen atoms in total. The molecule has 0 amide bonds. The Balaban J connectivity index is -0.000000146. The molecule has 103 valence electrons. The smallest absolute Gasteiger partial charge is 0 e. The summed E-state index contributed by atoms with van der Waals surface area (Å²) in [4.78, 5) is 0. The number of rotatable bonds is 0. The van der Waals surface area contributed by atoms with Crippen LogP contribution in [0.3, 0.4) is 0 Å². The van der Waals surface area contributed by atoms with Crippen LogP contribution in [0.2, 0.25) is 0 Å². The summed E-state index contributed by atoms with van der Waals surface area (Å²) in [5.41, 5.74) is 0. The maximum Gasteiger partial charge on any atom is 0 e. The molecule has 0 bridgehead atoms. The summed E-state index contributed by atoms with van der Waals surface area (Å²) in [5.74, 6) is 0. The largest absolute Gasteiger partial charge is 0.153 e. The first-order valence-corrected chi connectivity index (χ1v) is 7.00.